The van der Waals surface area contributed by atoms with Gasteiger partial charge in [0.1, 0.15) is 5.75 Å². The maximum Gasteiger partial charge on any atom is 0.122 e. The van der Waals surface area contributed by atoms with Crippen molar-refractivity contribution in [2.24, 2.45) is 17.3 Å². The predicted molar refractivity (Wildman–Crippen MR) is 89.9 cm³/mol. The Morgan fingerprint density at radius 2 is 1.95 bits per heavy atom. The molecule has 0 saturated carbocycles. The minimum Gasteiger partial charge on any atom is -0.493 e. The molecule has 0 radical (unpaired) electrons. The van der Waals surface area contributed by atoms with Crippen LogP contribution in [0.15, 0.2) is 24.3 Å². The Balaban J connectivity index is 2.03. The molecule has 0 bridgehead atoms. The van der Waals surface area contributed by atoms with Crippen LogP contribution in [-0.2, 0) is 0 Å². The summed E-state index contributed by atoms with van der Waals surface area (Å²) in [5.74, 6) is 2.99. The van der Waals surface area contributed by atoms with Crippen LogP contribution in [0.5, 0.6) is 5.75 Å². The highest BCUT2D eigenvalue weighted by atomic mass is 16.5. The number of hydrogen-bond acceptors (Lipinski definition) is 2. The quantitative estimate of drug-likeness (QED) is 0.800. The summed E-state index contributed by atoms with van der Waals surface area (Å²) < 4.78 is 5.86. The summed E-state index contributed by atoms with van der Waals surface area (Å²) >= 11 is 0. The van der Waals surface area contributed by atoms with Crippen LogP contribution in [0, 0.1) is 17.3 Å². The first-order valence-corrected chi connectivity index (χ1v) is 8.35. The number of hydrogen-bond donors (Lipinski definition) is 1. The van der Waals surface area contributed by atoms with E-state index in [9.17, 15) is 0 Å². The summed E-state index contributed by atoms with van der Waals surface area (Å²) in [7, 11) is 0. The number of fused-ring (bicyclic) bond motifs is 1. The van der Waals surface area contributed by atoms with Gasteiger partial charge in [0.15, 0.2) is 0 Å². The number of para-hydroxylation sites is 1. The molecule has 2 nitrogen and oxygen atoms in total. The van der Waals surface area contributed by atoms with Crippen LogP contribution in [0.1, 0.15) is 52.5 Å². The molecule has 1 aromatic rings. The van der Waals surface area contributed by atoms with E-state index in [2.05, 4.69) is 64.2 Å². The van der Waals surface area contributed by atoms with Gasteiger partial charge < -0.3 is 10.1 Å². The van der Waals surface area contributed by atoms with Crippen molar-refractivity contribution >= 4 is 0 Å². The van der Waals surface area contributed by atoms with Crippen LogP contribution in [0.3, 0.4) is 0 Å². The monoisotopic (exact) mass is 289 g/mol. The van der Waals surface area contributed by atoms with Gasteiger partial charge in [-0.15, -0.1) is 0 Å². The maximum absolute atomic E-state index is 5.86. The lowest BCUT2D eigenvalue weighted by Gasteiger charge is -2.36. The molecule has 2 heteroatoms. The average Bonchev–Trinajstić information content (AvgIpc) is 2.81. The number of benzene rings is 1. The van der Waals surface area contributed by atoms with E-state index in [-0.39, 0.29) is 0 Å². The Morgan fingerprint density at radius 3 is 2.62 bits per heavy atom. The Hall–Kier alpha value is -1.02. The topological polar surface area (TPSA) is 21.3 Å². The summed E-state index contributed by atoms with van der Waals surface area (Å²) in [5, 5.41) is 3.66. The van der Waals surface area contributed by atoms with Crippen molar-refractivity contribution in [2.45, 2.75) is 47.0 Å². The molecule has 1 heterocycles. The van der Waals surface area contributed by atoms with E-state index in [1.165, 1.54) is 12.0 Å². The molecule has 1 N–H and O–H groups in total. The Labute approximate surface area is 130 Å². The Kier molecular flexibility index (Phi) is 5.32. The molecule has 1 aliphatic rings. The normalized spacial score (nSPS) is 20.4. The zero-order valence-corrected chi connectivity index (χ0v) is 14.3. The zero-order valence-electron chi connectivity index (χ0n) is 14.3. The highest BCUT2D eigenvalue weighted by Crippen LogP contribution is 2.43. The molecule has 2 rings (SSSR count). The highest BCUT2D eigenvalue weighted by Gasteiger charge is 2.35. The largest absolute Gasteiger partial charge is 0.493 e. The predicted octanol–water partition coefficient (Wildman–Crippen LogP) is 4.46. The summed E-state index contributed by atoms with van der Waals surface area (Å²) in [6, 6.07) is 8.52. The summed E-state index contributed by atoms with van der Waals surface area (Å²) in [4.78, 5) is 0. The third kappa shape index (κ3) is 4.00. The molecule has 0 aromatic heterocycles. The van der Waals surface area contributed by atoms with Crippen LogP contribution >= 0.6 is 0 Å². The van der Waals surface area contributed by atoms with E-state index < -0.39 is 0 Å². The molecule has 0 fully saturated rings. The molecule has 1 aromatic carbocycles. The SMILES string of the molecule is CC(C)CNCC(C)(CC1COc2ccccc21)C(C)C. The van der Waals surface area contributed by atoms with E-state index in [1.807, 2.05) is 0 Å². The minimum absolute atomic E-state index is 0.306. The van der Waals surface area contributed by atoms with Crippen molar-refractivity contribution < 1.29 is 4.74 Å². The Bertz CT molecular complexity index is 455. The molecule has 118 valence electrons. The highest BCUT2D eigenvalue weighted by molar-refractivity contribution is 5.39. The van der Waals surface area contributed by atoms with Crippen LogP contribution in [0.4, 0.5) is 0 Å². The van der Waals surface area contributed by atoms with Crippen molar-refractivity contribution in [3.63, 3.8) is 0 Å². The van der Waals surface area contributed by atoms with E-state index in [0.717, 1.165) is 25.4 Å². The van der Waals surface area contributed by atoms with Crippen molar-refractivity contribution in [3.05, 3.63) is 29.8 Å². The first kappa shape index (κ1) is 16.4. The molecule has 2 unspecified atom stereocenters. The fourth-order valence-corrected chi connectivity index (χ4v) is 3.12. The van der Waals surface area contributed by atoms with Gasteiger partial charge in [0.25, 0.3) is 0 Å². The molecule has 0 aliphatic carbocycles. The van der Waals surface area contributed by atoms with Gasteiger partial charge in [-0.2, -0.15) is 0 Å². The third-order valence-electron chi connectivity index (χ3n) is 4.99. The molecular weight excluding hydrogens is 258 g/mol. The van der Waals surface area contributed by atoms with E-state index in [1.54, 1.807) is 0 Å². The number of ether oxygens (including phenoxy) is 1. The van der Waals surface area contributed by atoms with Gasteiger partial charge in [-0.25, -0.2) is 0 Å². The van der Waals surface area contributed by atoms with E-state index in [0.29, 0.717) is 23.2 Å². The summed E-state index contributed by atoms with van der Waals surface area (Å²) in [5.41, 5.74) is 1.70. The van der Waals surface area contributed by atoms with E-state index >= 15 is 0 Å². The van der Waals surface area contributed by atoms with Gasteiger partial charge in [-0.05, 0) is 36.3 Å². The molecular formula is C19H31NO. The van der Waals surface area contributed by atoms with Gasteiger partial charge in [0.05, 0.1) is 6.61 Å². The van der Waals surface area contributed by atoms with Gasteiger partial charge in [-0.3, -0.25) is 0 Å². The molecule has 0 spiro atoms. The van der Waals surface area contributed by atoms with E-state index in [4.69, 9.17) is 4.74 Å². The van der Waals surface area contributed by atoms with Crippen LogP contribution in [0.2, 0.25) is 0 Å². The van der Waals surface area contributed by atoms with Crippen molar-refractivity contribution in [3.8, 4) is 5.75 Å². The van der Waals surface area contributed by atoms with Crippen molar-refractivity contribution in [1.29, 1.82) is 0 Å². The third-order valence-corrected chi connectivity index (χ3v) is 4.99. The second-order valence-corrected chi connectivity index (χ2v) is 7.58. The number of nitrogens with one attached hydrogen (secondary N) is 1. The van der Waals surface area contributed by atoms with Gasteiger partial charge >= 0.3 is 0 Å². The fraction of sp³-hybridized carbons (Fsp3) is 0.684. The Morgan fingerprint density at radius 1 is 1.24 bits per heavy atom. The number of rotatable bonds is 7. The molecule has 21 heavy (non-hydrogen) atoms. The average molecular weight is 289 g/mol. The fourth-order valence-electron chi connectivity index (χ4n) is 3.12. The summed E-state index contributed by atoms with van der Waals surface area (Å²) in [6.45, 7) is 14.7. The second kappa shape index (κ2) is 6.83. The standard InChI is InChI=1S/C19H31NO/c1-14(2)11-20-13-19(5,15(3)4)10-16-12-21-18-9-7-6-8-17(16)18/h6-9,14-16,20H,10-13H2,1-5H3. The lowest BCUT2D eigenvalue weighted by molar-refractivity contribution is 0.164. The lowest BCUT2D eigenvalue weighted by atomic mass is 9.71. The smallest absolute Gasteiger partial charge is 0.122 e. The van der Waals surface area contributed by atoms with Crippen LogP contribution in [0.25, 0.3) is 0 Å². The lowest BCUT2D eigenvalue weighted by Crippen LogP contribution is -2.39. The zero-order chi connectivity index (χ0) is 15.5. The molecule has 1 aliphatic heterocycles. The maximum atomic E-state index is 5.86. The second-order valence-electron chi connectivity index (χ2n) is 7.58. The van der Waals surface area contributed by atoms with Crippen molar-refractivity contribution in [2.75, 3.05) is 19.7 Å². The minimum atomic E-state index is 0.306. The first-order chi connectivity index (χ1) is 9.92. The molecule has 0 amide bonds. The van der Waals surface area contributed by atoms with Crippen LogP contribution in [-0.4, -0.2) is 19.7 Å². The van der Waals surface area contributed by atoms with Crippen LogP contribution < -0.4 is 10.1 Å². The van der Waals surface area contributed by atoms with Gasteiger partial charge in [-0.1, -0.05) is 52.8 Å². The van der Waals surface area contributed by atoms with Gasteiger partial charge in [0, 0.05) is 18.0 Å². The first-order valence-electron chi connectivity index (χ1n) is 8.35. The van der Waals surface area contributed by atoms with Crippen molar-refractivity contribution in [1.82, 2.24) is 5.32 Å². The van der Waals surface area contributed by atoms with Gasteiger partial charge in [0.2, 0.25) is 0 Å². The summed E-state index contributed by atoms with van der Waals surface area (Å²) in [6.07, 6.45) is 1.19. The molecule has 2 atom stereocenters. The molecule has 0 saturated heterocycles.